The number of nitrogens with zero attached hydrogens (tertiary/aromatic N) is 3. The van der Waals surface area contributed by atoms with E-state index in [1.165, 1.54) is 98.8 Å². The van der Waals surface area contributed by atoms with E-state index in [9.17, 15) is 0 Å². The zero-order chi connectivity index (χ0) is 41.4. The van der Waals surface area contributed by atoms with Gasteiger partial charge in [-0.15, -0.1) is 0 Å². The monoisotopic (exact) mass is 801 g/mol. The Kier molecular flexibility index (Phi) is 7.91. The van der Waals surface area contributed by atoms with Crippen LogP contribution in [-0.4, -0.2) is 13.7 Å². The minimum Gasteiger partial charge on any atom is -0.308 e. The summed E-state index contributed by atoms with van der Waals surface area (Å²) in [6.45, 7) is 0. The van der Waals surface area contributed by atoms with Crippen molar-refractivity contribution in [1.29, 1.82) is 0 Å². The number of fused-ring (bicyclic) bond motifs is 12. The predicted molar refractivity (Wildman–Crippen MR) is 266 cm³/mol. The van der Waals surface area contributed by atoms with Crippen molar-refractivity contribution >= 4 is 65.4 Å². The second-order valence-electron chi connectivity index (χ2n) is 16.5. The van der Waals surface area contributed by atoms with E-state index in [0.717, 1.165) is 17.1 Å². The van der Waals surface area contributed by atoms with Crippen LogP contribution in [0.15, 0.2) is 237 Å². The Hall–Kier alpha value is -8.40. The van der Waals surface area contributed by atoms with Gasteiger partial charge in [0.05, 0.1) is 33.1 Å². The lowest BCUT2D eigenvalue weighted by Gasteiger charge is -2.14. The molecule has 0 saturated carbocycles. The molecule has 0 aliphatic rings. The molecule has 0 atom stereocenters. The molecule has 0 spiro atoms. The molecule has 3 heteroatoms. The van der Waals surface area contributed by atoms with Crippen LogP contribution in [0, 0.1) is 0 Å². The topological polar surface area (TPSA) is 14.8 Å². The molecule has 13 aromatic rings. The summed E-state index contributed by atoms with van der Waals surface area (Å²) in [5, 5.41) is 7.39. The second kappa shape index (κ2) is 14.1. The van der Waals surface area contributed by atoms with Crippen LogP contribution >= 0.6 is 0 Å². The minimum absolute atomic E-state index is 1.13. The SMILES string of the molecule is c1ccc(-c2ccc(-n3c4ccccc4c4c3c3c5ccccc5n(-c5ccc(-c6ccccc6)cc5)c3c3c5ccccc5n(-c5ccc(-c6ccccc6)cc5)c43)cc2)cc1. The van der Waals surface area contributed by atoms with E-state index >= 15 is 0 Å². The summed E-state index contributed by atoms with van der Waals surface area (Å²) in [6, 6.07) is 86.3. The smallest absolute Gasteiger partial charge is 0.0663 e. The van der Waals surface area contributed by atoms with Gasteiger partial charge in [-0.1, -0.05) is 182 Å². The van der Waals surface area contributed by atoms with Crippen LogP contribution in [0.1, 0.15) is 0 Å². The van der Waals surface area contributed by atoms with Crippen LogP contribution in [0.2, 0.25) is 0 Å². The van der Waals surface area contributed by atoms with Gasteiger partial charge in [0, 0.05) is 49.4 Å². The van der Waals surface area contributed by atoms with Gasteiger partial charge in [0.25, 0.3) is 0 Å². The molecule has 10 aromatic carbocycles. The molecule has 0 aliphatic heterocycles. The molecule has 0 aliphatic carbocycles. The van der Waals surface area contributed by atoms with Gasteiger partial charge in [-0.3, -0.25) is 0 Å². The molecule has 0 amide bonds. The summed E-state index contributed by atoms with van der Waals surface area (Å²) < 4.78 is 7.57. The molecule has 0 bridgehead atoms. The average Bonchev–Trinajstić information content (AvgIpc) is 4.01. The molecule has 0 fully saturated rings. The maximum Gasteiger partial charge on any atom is 0.0663 e. The number of benzene rings is 10. The fourth-order valence-corrected chi connectivity index (χ4v) is 10.3. The van der Waals surface area contributed by atoms with Crippen molar-refractivity contribution in [2.24, 2.45) is 0 Å². The third kappa shape index (κ3) is 5.40. The van der Waals surface area contributed by atoms with Crippen LogP contribution in [0.25, 0.3) is 116 Å². The van der Waals surface area contributed by atoms with Gasteiger partial charge in [-0.05, 0) is 88.0 Å². The molecule has 3 aromatic heterocycles. The van der Waals surface area contributed by atoms with E-state index in [0.29, 0.717) is 0 Å². The first-order valence-corrected chi connectivity index (χ1v) is 21.7. The Morgan fingerprint density at radius 3 is 0.683 bits per heavy atom. The van der Waals surface area contributed by atoms with Crippen molar-refractivity contribution in [1.82, 2.24) is 13.7 Å². The molecular formula is C60H39N3. The number of hydrogen-bond donors (Lipinski definition) is 0. The van der Waals surface area contributed by atoms with Gasteiger partial charge in [-0.2, -0.15) is 0 Å². The standard InChI is InChI=1S/C60H39N3/c1-4-16-40(17-5-1)43-28-34-46(35-29-43)61-52-25-13-10-22-49(52)55-58(61)56-50-23-11-14-26-53(50)62(47-36-30-44(31-37-47)41-18-6-2-7-19-41)60(56)57-51-24-12-15-27-54(51)63(59(55)57)48-38-32-45(33-39-48)42-20-8-3-9-21-42/h1-39H. The van der Waals surface area contributed by atoms with Gasteiger partial charge in [0.15, 0.2) is 0 Å². The summed E-state index contributed by atoms with van der Waals surface area (Å²) in [5.74, 6) is 0. The summed E-state index contributed by atoms with van der Waals surface area (Å²) in [4.78, 5) is 0. The Morgan fingerprint density at radius 1 is 0.190 bits per heavy atom. The average molecular weight is 802 g/mol. The van der Waals surface area contributed by atoms with Gasteiger partial charge >= 0.3 is 0 Å². The highest BCUT2D eigenvalue weighted by atomic mass is 15.0. The fourth-order valence-electron chi connectivity index (χ4n) is 10.3. The lowest BCUT2D eigenvalue weighted by Crippen LogP contribution is -1.98. The summed E-state index contributed by atoms with van der Waals surface area (Å²) in [6.07, 6.45) is 0. The molecule has 0 saturated heterocycles. The lowest BCUT2D eigenvalue weighted by molar-refractivity contribution is 1.17. The largest absolute Gasteiger partial charge is 0.308 e. The van der Waals surface area contributed by atoms with Crippen LogP contribution in [-0.2, 0) is 0 Å². The van der Waals surface area contributed by atoms with E-state index in [1.54, 1.807) is 0 Å². The molecular weight excluding hydrogens is 763 g/mol. The molecule has 13 rings (SSSR count). The maximum absolute atomic E-state index is 2.52. The number of hydrogen-bond acceptors (Lipinski definition) is 0. The molecule has 0 N–H and O–H groups in total. The van der Waals surface area contributed by atoms with E-state index in [1.807, 2.05) is 0 Å². The molecule has 0 unspecified atom stereocenters. The van der Waals surface area contributed by atoms with E-state index in [2.05, 4.69) is 250 Å². The Labute approximate surface area is 364 Å². The highest BCUT2D eigenvalue weighted by Crippen LogP contribution is 2.50. The minimum atomic E-state index is 1.13. The zero-order valence-corrected chi connectivity index (χ0v) is 34.4. The Balaban J connectivity index is 1.21. The molecule has 3 nitrogen and oxygen atoms in total. The highest BCUT2D eigenvalue weighted by molar-refractivity contribution is 6.40. The lowest BCUT2D eigenvalue weighted by atomic mass is 10.0. The number of rotatable bonds is 6. The van der Waals surface area contributed by atoms with Gasteiger partial charge in [0.1, 0.15) is 0 Å². The quantitative estimate of drug-likeness (QED) is 0.159. The fraction of sp³-hybridized carbons (Fsp3) is 0. The Morgan fingerprint density at radius 2 is 0.413 bits per heavy atom. The predicted octanol–water partition coefficient (Wildman–Crippen LogP) is 16.0. The van der Waals surface area contributed by atoms with Crippen molar-refractivity contribution in [3.05, 3.63) is 237 Å². The molecule has 0 radical (unpaired) electrons. The van der Waals surface area contributed by atoms with Crippen molar-refractivity contribution in [3.8, 4) is 50.4 Å². The first-order chi connectivity index (χ1) is 31.3. The summed E-state index contributed by atoms with van der Waals surface area (Å²) >= 11 is 0. The third-order valence-corrected chi connectivity index (χ3v) is 13.0. The number of para-hydroxylation sites is 3. The molecule has 63 heavy (non-hydrogen) atoms. The zero-order valence-electron chi connectivity index (χ0n) is 34.4. The van der Waals surface area contributed by atoms with Crippen molar-refractivity contribution in [3.63, 3.8) is 0 Å². The van der Waals surface area contributed by atoms with Gasteiger partial charge < -0.3 is 13.7 Å². The van der Waals surface area contributed by atoms with E-state index < -0.39 is 0 Å². The summed E-state index contributed by atoms with van der Waals surface area (Å²) in [5.41, 5.74) is 17.7. The molecule has 294 valence electrons. The highest BCUT2D eigenvalue weighted by Gasteiger charge is 2.28. The van der Waals surface area contributed by atoms with Crippen molar-refractivity contribution in [2.45, 2.75) is 0 Å². The van der Waals surface area contributed by atoms with Crippen LogP contribution in [0.4, 0.5) is 0 Å². The van der Waals surface area contributed by atoms with Crippen LogP contribution in [0.5, 0.6) is 0 Å². The van der Waals surface area contributed by atoms with Crippen molar-refractivity contribution < 1.29 is 0 Å². The normalized spacial score (nSPS) is 11.8. The Bertz CT molecular complexity index is 3400. The maximum atomic E-state index is 2.52. The first kappa shape index (κ1) is 35.4. The second-order valence-corrected chi connectivity index (χ2v) is 16.5. The van der Waals surface area contributed by atoms with E-state index in [4.69, 9.17) is 0 Å². The van der Waals surface area contributed by atoms with Crippen LogP contribution in [0.3, 0.4) is 0 Å². The third-order valence-electron chi connectivity index (χ3n) is 13.0. The van der Waals surface area contributed by atoms with Gasteiger partial charge in [-0.25, -0.2) is 0 Å². The van der Waals surface area contributed by atoms with E-state index in [-0.39, 0.29) is 0 Å². The van der Waals surface area contributed by atoms with Gasteiger partial charge in [0.2, 0.25) is 0 Å². The summed E-state index contributed by atoms with van der Waals surface area (Å²) in [7, 11) is 0. The number of aromatic nitrogens is 3. The first-order valence-electron chi connectivity index (χ1n) is 21.7. The van der Waals surface area contributed by atoms with Crippen LogP contribution < -0.4 is 0 Å². The van der Waals surface area contributed by atoms with Crippen molar-refractivity contribution in [2.75, 3.05) is 0 Å². The molecule has 3 heterocycles.